The zero-order valence-electron chi connectivity index (χ0n) is 14.0. The lowest BCUT2D eigenvalue weighted by Crippen LogP contribution is -2.28. The summed E-state index contributed by atoms with van der Waals surface area (Å²) < 4.78 is 0. The van der Waals surface area contributed by atoms with Gasteiger partial charge in [-0.05, 0) is 12.1 Å². The van der Waals surface area contributed by atoms with Gasteiger partial charge in [0.1, 0.15) is 0 Å². The highest BCUT2D eigenvalue weighted by Crippen LogP contribution is 2.28. The fraction of sp³-hybridized carbons (Fsp3) is 0.150. The lowest BCUT2D eigenvalue weighted by Gasteiger charge is -2.16. The maximum Gasteiger partial charge on any atom is 0.231 e. The first kappa shape index (κ1) is 16.5. The molecule has 1 aliphatic heterocycles. The Morgan fingerprint density at radius 3 is 2.50 bits per heavy atom. The minimum Gasteiger partial charge on any atom is -0.312 e. The van der Waals surface area contributed by atoms with Crippen LogP contribution in [0, 0.1) is 5.92 Å². The number of carbonyl (C=O) groups is 2. The number of benzene rings is 2. The molecule has 130 valence electrons. The van der Waals surface area contributed by atoms with Crippen molar-refractivity contribution >= 4 is 34.0 Å². The average molecular weight is 363 g/mol. The van der Waals surface area contributed by atoms with E-state index in [1.807, 2.05) is 66.0 Å². The molecule has 0 spiro atoms. The molecule has 1 N–H and O–H groups in total. The summed E-state index contributed by atoms with van der Waals surface area (Å²) in [7, 11) is 0. The van der Waals surface area contributed by atoms with Crippen molar-refractivity contribution in [1.82, 2.24) is 4.98 Å². The van der Waals surface area contributed by atoms with E-state index >= 15 is 0 Å². The zero-order valence-corrected chi connectivity index (χ0v) is 14.8. The van der Waals surface area contributed by atoms with E-state index < -0.39 is 0 Å². The van der Waals surface area contributed by atoms with E-state index in [1.54, 1.807) is 4.90 Å². The lowest BCUT2D eigenvalue weighted by molar-refractivity contribution is -0.122. The molecule has 1 unspecified atom stereocenters. The largest absolute Gasteiger partial charge is 0.312 e. The van der Waals surface area contributed by atoms with Crippen LogP contribution in [0.3, 0.4) is 0 Å². The number of anilines is 2. The Kier molecular flexibility index (Phi) is 4.50. The van der Waals surface area contributed by atoms with Gasteiger partial charge in [-0.1, -0.05) is 48.5 Å². The second kappa shape index (κ2) is 7.09. The molecule has 1 fully saturated rings. The lowest BCUT2D eigenvalue weighted by atomic mass is 10.1. The van der Waals surface area contributed by atoms with Gasteiger partial charge in [0.15, 0.2) is 5.13 Å². The fourth-order valence-electron chi connectivity index (χ4n) is 3.02. The Hall–Kier alpha value is -2.99. The number of hydrogen-bond donors (Lipinski definition) is 1. The van der Waals surface area contributed by atoms with E-state index in [9.17, 15) is 9.59 Å². The van der Waals surface area contributed by atoms with Crippen molar-refractivity contribution in [2.45, 2.75) is 6.42 Å². The highest BCUT2D eigenvalue weighted by molar-refractivity contribution is 7.14. The predicted molar refractivity (Wildman–Crippen MR) is 103 cm³/mol. The highest BCUT2D eigenvalue weighted by Gasteiger charge is 2.35. The van der Waals surface area contributed by atoms with Gasteiger partial charge in [0.05, 0.1) is 11.6 Å². The molecule has 0 radical (unpaired) electrons. The van der Waals surface area contributed by atoms with Crippen molar-refractivity contribution in [3.05, 3.63) is 66.0 Å². The van der Waals surface area contributed by atoms with Crippen molar-refractivity contribution < 1.29 is 9.59 Å². The standard InChI is InChI=1S/C20H17N3O2S/c24-18-11-15(12-23(18)16-9-5-2-6-10-16)19(25)22-20-21-17(13-26-20)14-7-3-1-4-8-14/h1-10,13,15H,11-12H2,(H,21,22,25). The molecule has 0 aliphatic carbocycles. The van der Waals surface area contributed by atoms with Crippen molar-refractivity contribution in [1.29, 1.82) is 0 Å². The number of nitrogens with zero attached hydrogens (tertiary/aromatic N) is 2. The maximum absolute atomic E-state index is 12.6. The number of thiazole rings is 1. The van der Waals surface area contributed by atoms with Crippen molar-refractivity contribution in [3.8, 4) is 11.3 Å². The number of para-hydroxylation sites is 1. The van der Waals surface area contributed by atoms with Crippen LogP contribution in [0.25, 0.3) is 11.3 Å². The Morgan fingerprint density at radius 2 is 1.77 bits per heavy atom. The number of amides is 2. The van der Waals surface area contributed by atoms with Crippen LogP contribution in [0.5, 0.6) is 0 Å². The summed E-state index contributed by atoms with van der Waals surface area (Å²) in [5.74, 6) is -0.557. The smallest absolute Gasteiger partial charge is 0.231 e. The number of nitrogens with one attached hydrogen (secondary N) is 1. The first-order chi connectivity index (χ1) is 12.7. The van der Waals surface area contributed by atoms with Crippen LogP contribution in [0.15, 0.2) is 66.0 Å². The van der Waals surface area contributed by atoms with Crippen LogP contribution in [0.1, 0.15) is 6.42 Å². The number of carbonyl (C=O) groups excluding carboxylic acids is 2. The van der Waals surface area contributed by atoms with Gasteiger partial charge < -0.3 is 10.2 Å². The molecule has 26 heavy (non-hydrogen) atoms. The molecular formula is C20H17N3O2S. The summed E-state index contributed by atoms with van der Waals surface area (Å²) in [5.41, 5.74) is 2.67. The molecule has 2 heterocycles. The minimum atomic E-state index is -0.369. The monoisotopic (exact) mass is 363 g/mol. The van der Waals surface area contributed by atoms with Gasteiger partial charge in [-0.2, -0.15) is 0 Å². The van der Waals surface area contributed by atoms with Gasteiger partial charge in [-0.25, -0.2) is 4.98 Å². The summed E-state index contributed by atoms with van der Waals surface area (Å²) in [5, 5.41) is 5.33. The highest BCUT2D eigenvalue weighted by atomic mass is 32.1. The second-order valence-electron chi connectivity index (χ2n) is 6.13. The molecule has 4 rings (SSSR count). The minimum absolute atomic E-state index is 0.0273. The third kappa shape index (κ3) is 3.36. The quantitative estimate of drug-likeness (QED) is 0.767. The van der Waals surface area contributed by atoms with Crippen LogP contribution in [0.4, 0.5) is 10.8 Å². The molecule has 6 heteroatoms. The molecule has 0 bridgehead atoms. The molecule has 1 atom stereocenters. The fourth-order valence-corrected chi connectivity index (χ4v) is 3.74. The number of rotatable bonds is 4. The second-order valence-corrected chi connectivity index (χ2v) is 6.99. The molecule has 0 saturated carbocycles. The third-order valence-corrected chi connectivity index (χ3v) is 5.13. The summed E-state index contributed by atoms with van der Waals surface area (Å²) in [6.45, 7) is 0.394. The number of aromatic nitrogens is 1. The first-order valence-electron chi connectivity index (χ1n) is 8.38. The van der Waals surface area contributed by atoms with E-state index in [2.05, 4.69) is 10.3 Å². The summed E-state index contributed by atoms with van der Waals surface area (Å²) in [4.78, 5) is 31.0. The van der Waals surface area contributed by atoms with Gasteiger partial charge in [0, 0.05) is 29.6 Å². The van der Waals surface area contributed by atoms with E-state index in [-0.39, 0.29) is 24.2 Å². The third-order valence-electron chi connectivity index (χ3n) is 4.37. The summed E-state index contributed by atoms with van der Waals surface area (Å²) >= 11 is 1.39. The molecule has 1 aliphatic rings. The van der Waals surface area contributed by atoms with Gasteiger partial charge in [-0.15, -0.1) is 11.3 Å². The van der Waals surface area contributed by atoms with Gasteiger partial charge in [0.2, 0.25) is 11.8 Å². The first-order valence-corrected chi connectivity index (χ1v) is 9.26. The van der Waals surface area contributed by atoms with Crippen LogP contribution in [-0.4, -0.2) is 23.3 Å². The summed E-state index contributed by atoms with van der Waals surface area (Å²) in [6, 6.07) is 19.3. The van der Waals surface area contributed by atoms with Crippen LogP contribution >= 0.6 is 11.3 Å². The Labute approximate surface area is 155 Å². The average Bonchev–Trinajstić information content (AvgIpc) is 3.30. The van der Waals surface area contributed by atoms with Gasteiger partial charge in [-0.3, -0.25) is 9.59 Å². The Balaban J connectivity index is 1.43. The van der Waals surface area contributed by atoms with Crippen molar-refractivity contribution in [2.75, 3.05) is 16.8 Å². The molecule has 5 nitrogen and oxygen atoms in total. The molecule has 2 aromatic carbocycles. The molecular weight excluding hydrogens is 346 g/mol. The van der Waals surface area contributed by atoms with Gasteiger partial charge >= 0.3 is 0 Å². The summed E-state index contributed by atoms with van der Waals surface area (Å²) in [6.07, 6.45) is 0.220. The predicted octanol–water partition coefficient (Wildman–Crippen LogP) is 3.80. The topological polar surface area (TPSA) is 62.3 Å². The Morgan fingerprint density at radius 1 is 1.08 bits per heavy atom. The molecule has 2 amide bonds. The molecule has 1 aromatic heterocycles. The van der Waals surface area contributed by atoms with E-state index in [4.69, 9.17) is 0 Å². The zero-order chi connectivity index (χ0) is 17.9. The van der Waals surface area contributed by atoms with Crippen LogP contribution < -0.4 is 10.2 Å². The normalized spacial score (nSPS) is 16.7. The molecule has 1 saturated heterocycles. The maximum atomic E-state index is 12.6. The van der Waals surface area contributed by atoms with Crippen LogP contribution in [-0.2, 0) is 9.59 Å². The SMILES string of the molecule is O=C(Nc1nc(-c2ccccc2)cs1)C1CC(=O)N(c2ccccc2)C1. The van der Waals surface area contributed by atoms with Crippen molar-refractivity contribution in [3.63, 3.8) is 0 Å². The number of hydrogen-bond acceptors (Lipinski definition) is 4. The van der Waals surface area contributed by atoms with E-state index in [0.717, 1.165) is 16.9 Å². The molecule has 3 aromatic rings. The van der Waals surface area contributed by atoms with E-state index in [1.165, 1.54) is 11.3 Å². The van der Waals surface area contributed by atoms with Crippen molar-refractivity contribution in [2.24, 2.45) is 5.92 Å². The van der Waals surface area contributed by atoms with Gasteiger partial charge in [0.25, 0.3) is 0 Å². The van der Waals surface area contributed by atoms with Crippen LogP contribution in [0.2, 0.25) is 0 Å². The Bertz CT molecular complexity index is 924. The van der Waals surface area contributed by atoms with E-state index in [0.29, 0.717) is 11.7 Å².